The maximum Gasteiger partial charge on any atom is 0.407 e. The topological polar surface area (TPSA) is 108 Å². The number of rotatable bonds is 12. The van der Waals surface area contributed by atoms with Crippen LogP contribution in [0.15, 0.2) is 78.9 Å². The first-order valence-electron chi connectivity index (χ1n) is 13.2. The van der Waals surface area contributed by atoms with Crippen LogP contribution >= 0.6 is 0 Å². The van der Waals surface area contributed by atoms with E-state index in [0.717, 1.165) is 27.8 Å². The number of hydrogen-bond donors (Lipinski definition) is 3. The predicted octanol–water partition coefficient (Wildman–Crippen LogP) is 4.40. The molecule has 0 saturated carbocycles. The number of hydrogen-bond acceptors (Lipinski definition) is 5. The molecule has 3 aromatic carbocycles. The number of ether oxygens (including phenoxy) is 1. The Kier molecular flexibility index (Phi) is 9.33. The van der Waals surface area contributed by atoms with E-state index in [-0.39, 0.29) is 25.5 Å². The highest BCUT2D eigenvalue weighted by Gasteiger charge is 2.29. The molecule has 204 valence electrons. The van der Waals surface area contributed by atoms with Crippen LogP contribution in [0.4, 0.5) is 4.79 Å². The van der Waals surface area contributed by atoms with Crippen LogP contribution in [-0.2, 0) is 20.9 Å². The Morgan fingerprint density at radius 3 is 2.08 bits per heavy atom. The fourth-order valence-electron chi connectivity index (χ4n) is 5.04. The molecule has 0 fully saturated rings. The van der Waals surface area contributed by atoms with Crippen LogP contribution in [0, 0.1) is 0 Å². The molecule has 39 heavy (non-hydrogen) atoms. The van der Waals surface area contributed by atoms with E-state index in [4.69, 9.17) is 4.74 Å². The average molecular weight is 530 g/mol. The van der Waals surface area contributed by atoms with Gasteiger partial charge in [-0.1, -0.05) is 85.8 Å². The minimum Gasteiger partial charge on any atom is -0.480 e. The van der Waals surface area contributed by atoms with Gasteiger partial charge in [-0.15, -0.1) is 0 Å². The van der Waals surface area contributed by atoms with Gasteiger partial charge < -0.3 is 20.5 Å². The van der Waals surface area contributed by atoms with Crippen LogP contribution in [0.1, 0.15) is 42.4 Å². The van der Waals surface area contributed by atoms with E-state index in [9.17, 15) is 19.5 Å². The molecule has 8 nitrogen and oxygen atoms in total. The summed E-state index contributed by atoms with van der Waals surface area (Å²) in [5, 5.41) is 15.0. The number of nitrogens with one attached hydrogen (secondary N) is 2. The van der Waals surface area contributed by atoms with Crippen molar-refractivity contribution in [3.63, 3.8) is 0 Å². The van der Waals surface area contributed by atoms with Gasteiger partial charge in [0.15, 0.2) is 0 Å². The van der Waals surface area contributed by atoms with Crippen LogP contribution in [0.2, 0.25) is 0 Å². The average Bonchev–Trinajstić information content (AvgIpc) is 3.25. The third kappa shape index (κ3) is 7.23. The number of aliphatic carboxylic acids is 1. The molecule has 0 radical (unpaired) electrons. The summed E-state index contributed by atoms with van der Waals surface area (Å²) in [6.07, 6.45) is -0.162. The predicted molar refractivity (Wildman–Crippen MR) is 149 cm³/mol. The molecule has 3 aromatic rings. The summed E-state index contributed by atoms with van der Waals surface area (Å²) in [6, 6.07) is 24.3. The van der Waals surface area contributed by atoms with Gasteiger partial charge in [0, 0.05) is 31.5 Å². The Morgan fingerprint density at radius 1 is 0.897 bits per heavy atom. The second-order valence-corrected chi connectivity index (χ2v) is 9.92. The summed E-state index contributed by atoms with van der Waals surface area (Å²) >= 11 is 0. The van der Waals surface area contributed by atoms with Crippen LogP contribution in [0.25, 0.3) is 11.1 Å². The first kappa shape index (κ1) is 27.9. The first-order chi connectivity index (χ1) is 18.9. The lowest BCUT2D eigenvalue weighted by molar-refractivity contribution is -0.142. The summed E-state index contributed by atoms with van der Waals surface area (Å²) in [6.45, 7) is 2.73. The normalized spacial score (nSPS) is 13.7. The molecule has 0 aromatic heterocycles. The lowest BCUT2D eigenvalue weighted by atomic mass is 9.98. The zero-order valence-electron chi connectivity index (χ0n) is 22.3. The molecule has 0 heterocycles. The zero-order valence-corrected chi connectivity index (χ0v) is 22.3. The highest BCUT2D eigenvalue weighted by atomic mass is 16.5. The molecule has 0 saturated heterocycles. The second kappa shape index (κ2) is 13.1. The fraction of sp³-hybridized carbons (Fsp3) is 0.323. The minimum atomic E-state index is -1.11. The lowest BCUT2D eigenvalue weighted by Gasteiger charge is -2.23. The Hall–Kier alpha value is -4.17. The van der Waals surface area contributed by atoms with Gasteiger partial charge in [0.05, 0.1) is 0 Å². The lowest BCUT2D eigenvalue weighted by Crippen LogP contribution is -2.49. The van der Waals surface area contributed by atoms with Crippen molar-refractivity contribution in [2.45, 2.75) is 44.3 Å². The molecule has 2 unspecified atom stereocenters. The molecule has 3 N–H and O–H groups in total. The maximum atomic E-state index is 12.7. The highest BCUT2D eigenvalue weighted by molar-refractivity contribution is 5.84. The van der Waals surface area contributed by atoms with Crippen molar-refractivity contribution in [1.82, 2.24) is 15.5 Å². The van der Waals surface area contributed by atoms with Crippen molar-refractivity contribution < 1.29 is 24.2 Å². The largest absolute Gasteiger partial charge is 0.480 e. The number of carbonyl (C=O) groups excluding carboxylic acids is 2. The molecule has 0 bridgehead atoms. The third-order valence-corrected chi connectivity index (χ3v) is 7.01. The van der Waals surface area contributed by atoms with Crippen LogP contribution in [-0.4, -0.2) is 60.3 Å². The summed E-state index contributed by atoms with van der Waals surface area (Å²) in [4.78, 5) is 39.0. The van der Waals surface area contributed by atoms with E-state index in [2.05, 4.69) is 34.9 Å². The zero-order chi connectivity index (χ0) is 27.8. The number of carboxylic acids is 1. The standard InChI is InChI=1S/C31H35N3O5/c1-3-22(17-29(35)33-28(30(36)37)19-34(2)18-21-11-5-4-6-12-21)32-31(38)39-20-27-25-15-9-7-13-23(25)24-14-8-10-16-26(24)27/h4-16,22,27-28H,3,17-20H2,1-2H3,(H,32,38)(H,33,35)(H,36,37). The Balaban J connectivity index is 1.28. The SMILES string of the molecule is CCC(CC(=O)NC(CN(C)Cc1ccccc1)C(=O)O)NC(=O)OCC1c2ccccc2-c2ccccc21. The van der Waals surface area contributed by atoms with Gasteiger partial charge in [-0.2, -0.15) is 0 Å². The van der Waals surface area contributed by atoms with Crippen molar-refractivity contribution in [1.29, 1.82) is 0 Å². The highest BCUT2D eigenvalue weighted by Crippen LogP contribution is 2.44. The van der Waals surface area contributed by atoms with Gasteiger partial charge >= 0.3 is 12.1 Å². The third-order valence-electron chi connectivity index (χ3n) is 7.01. The smallest absolute Gasteiger partial charge is 0.407 e. The first-order valence-corrected chi connectivity index (χ1v) is 13.2. The number of carboxylic acid groups (broad SMARTS) is 1. The summed E-state index contributed by atoms with van der Waals surface area (Å²) in [5.74, 6) is -1.61. The number of alkyl carbamates (subject to hydrolysis) is 1. The molecule has 2 atom stereocenters. The van der Waals surface area contributed by atoms with E-state index in [0.29, 0.717) is 13.0 Å². The van der Waals surface area contributed by atoms with Gasteiger partial charge in [0.1, 0.15) is 12.6 Å². The molecule has 1 aliphatic rings. The minimum absolute atomic E-state index is 0.0487. The molecular formula is C31H35N3O5. The van der Waals surface area contributed by atoms with Gasteiger partial charge in [-0.05, 0) is 41.3 Å². The number of benzene rings is 3. The van der Waals surface area contributed by atoms with Gasteiger partial charge in [0.2, 0.25) is 5.91 Å². The molecule has 8 heteroatoms. The van der Waals surface area contributed by atoms with Crippen LogP contribution in [0.5, 0.6) is 0 Å². The van der Waals surface area contributed by atoms with Gasteiger partial charge in [-0.25, -0.2) is 9.59 Å². The Bertz CT molecular complexity index is 1250. The van der Waals surface area contributed by atoms with E-state index < -0.39 is 30.1 Å². The van der Waals surface area contributed by atoms with Crippen molar-refractivity contribution in [3.8, 4) is 11.1 Å². The molecule has 1 aliphatic carbocycles. The van der Waals surface area contributed by atoms with Crippen molar-refractivity contribution in [2.75, 3.05) is 20.2 Å². The van der Waals surface area contributed by atoms with Gasteiger partial charge in [0.25, 0.3) is 0 Å². The number of amides is 2. The maximum absolute atomic E-state index is 12.7. The monoisotopic (exact) mass is 529 g/mol. The van der Waals surface area contributed by atoms with E-state index >= 15 is 0 Å². The number of likely N-dealkylation sites (N-methyl/N-ethyl adjacent to an activating group) is 1. The van der Waals surface area contributed by atoms with Crippen molar-refractivity contribution >= 4 is 18.0 Å². The quantitative estimate of drug-likeness (QED) is 0.321. The summed E-state index contributed by atoms with van der Waals surface area (Å²) < 4.78 is 5.60. The number of nitrogens with zero attached hydrogens (tertiary/aromatic N) is 1. The van der Waals surface area contributed by atoms with Crippen LogP contribution in [0.3, 0.4) is 0 Å². The number of carbonyl (C=O) groups is 3. The number of fused-ring (bicyclic) bond motifs is 3. The molecule has 2 amide bonds. The second-order valence-electron chi connectivity index (χ2n) is 9.92. The van der Waals surface area contributed by atoms with Crippen molar-refractivity contribution in [2.24, 2.45) is 0 Å². The molecular weight excluding hydrogens is 494 g/mol. The Labute approximate surface area is 229 Å². The van der Waals surface area contributed by atoms with Crippen LogP contribution < -0.4 is 10.6 Å². The Morgan fingerprint density at radius 2 is 1.49 bits per heavy atom. The summed E-state index contributed by atoms with van der Waals surface area (Å²) in [7, 11) is 1.81. The fourth-order valence-corrected chi connectivity index (χ4v) is 5.04. The van der Waals surface area contributed by atoms with Gasteiger partial charge in [-0.3, -0.25) is 9.69 Å². The molecule has 0 aliphatic heterocycles. The van der Waals surface area contributed by atoms with Crippen molar-refractivity contribution in [3.05, 3.63) is 95.6 Å². The van der Waals surface area contributed by atoms with E-state index in [1.807, 2.05) is 73.5 Å². The molecule has 0 spiro atoms. The van der Waals surface area contributed by atoms with E-state index in [1.165, 1.54) is 0 Å². The summed E-state index contributed by atoms with van der Waals surface area (Å²) in [5.41, 5.74) is 5.58. The van der Waals surface area contributed by atoms with E-state index in [1.54, 1.807) is 0 Å². The molecule has 4 rings (SSSR count).